The van der Waals surface area contributed by atoms with Gasteiger partial charge in [0, 0.05) is 12.2 Å². The molecule has 0 atom stereocenters. The van der Waals surface area contributed by atoms with E-state index in [1.165, 1.54) is 0 Å². The Balaban J connectivity index is 3.79. The van der Waals surface area contributed by atoms with Crippen LogP contribution in [-0.4, -0.2) is 50.3 Å². The summed E-state index contributed by atoms with van der Waals surface area (Å²) in [6, 6.07) is 0. The molecule has 8 heteroatoms. The van der Waals surface area contributed by atoms with E-state index in [4.69, 9.17) is 9.47 Å². The van der Waals surface area contributed by atoms with Gasteiger partial charge in [-0.05, 0) is 12.8 Å². The zero-order chi connectivity index (χ0) is 21.0. The first-order valence-electron chi connectivity index (χ1n) is 9.82. The molecule has 0 unspecified atom stereocenters. The SMILES string of the molecule is CCCCCCOC(=O)COC(=O)/C=C\C(=O)OCC(=O)OCCCCCC. The standard InChI is InChI=1S/C20H32O8/c1-3-5-7-9-13-25-19(23)15-27-17(21)11-12-18(22)28-16-20(24)26-14-10-8-6-4-2/h11-12H,3-10,13-16H2,1-2H3/b12-11-. The van der Waals surface area contributed by atoms with Gasteiger partial charge >= 0.3 is 23.9 Å². The van der Waals surface area contributed by atoms with Crippen molar-refractivity contribution >= 4 is 23.9 Å². The molecule has 0 aromatic rings. The summed E-state index contributed by atoms with van der Waals surface area (Å²) in [6.45, 7) is 3.67. The molecule has 0 rings (SSSR count). The minimum atomic E-state index is -0.890. The highest BCUT2D eigenvalue weighted by atomic mass is 16.6. The van der Waals surface area contributed by atoms with Crippen molar-refractivity contribution in [1.29, 1.82) is 0 Å². The fourth-order valence-electron chi connectivity index (χ4n) is 2.01. The lowest BCUT2D eigenvalue weighted by Crippen LogP contribution is -2.17. The summed E-state index contributed by atoms with van der Waals surface area (Å²) in [4.78, 5) is 45.6. The maximum Gasteiger partial charge on any atom is 0.344 e. The Bertz CT molecular complexity index is 454. The number of ether oxygens (including phenoxy) is 4. The van der Waals surface area contributed by atoms with E-state index >= 15 is 0 Å². The van der Waals surface area contributed by atoms with Gasteiger partial charge in [-0.2, -0.15) is 0 Å². The van der Waals surface area contributed by atoms with Crippen LogP contribution in [-0.2, 0) is 38.1 Å². The number of hydrogen-bond donors (Lipinski definition) is 0. The minimum Gasteiger partial charge on any atom is -0.463 e. The summed E-state index contributed by atoms with van der Waals surface area (Å²) in [5.74, 6) is -3.08. The van der Waals surface area contributed by atoms with Crippen LogP contribution >= 0.6 is 0 Å². The maximum absolute atomic E-state index is 11.4. The average Bonchev–Trinajstić information content (AvgIpc) is 2.68. The van der Waals surface area contributed by atoms with E-state index in [2.05, 4.69) is 23.3 Å². The molecule has 0 heterocycles. The summed E-state index contributed by atoms with van der Waals surface area (Å²) in [7, 11) is 0. The molecule has 0 fully saturated rings. The Morgan fingerprint density at radius 2 is 0.964 bits per heavy atom. The van der Waals surface area contributed by atoms with Gasteiger partial charge in [-0.3, -0.25) is 0 Å². The molecule has 0 aromatic heterocycles. The molecule has 0 aliphatic heterocycles. The number of rotatable bonds is 16. The van der Waals surface area contributed by atoms with Crippen molar-refractivity contribution in [1.82, 2.24) is 0 Å². The van der Waals surface area contributed by atoms with Crippen LogP contribution in [0.5, 0.6) is 0 Å². The zero-order valence-electron chi connectivity index (χ0n) is 16.9. The third-order valence-electron chi connectivity index (χ3n) is 3.54. The normalized spacial score (nSPS) is 10.5. The van der Waals surface area contributed by atoms with Gasteiger partial charge in [0.2, 0.25) is 0 Å². The van der Waals surface area contributed by atoms with Gasteiger partial charge in [-0.1, -0.05) is 52.4 Å². The molecule has 28 heavy (non-hydrogen) atoms. The molecule has 0 aromatic carbocycles. The molecule has 0 N–H and O–H groups in total. The Morgan fingerprint density at radius 3 is 1.32 bits per heavy atom. The Morgan fingerprint density at radius 1 is 0.571 bits per heavy atom. The number of hydrogen-bond acceptors (Lipinski definition) is 8. The molecule has 160 valence electrons. The summed E-state index contributed by atoms with van der Waals surface area (Å²) in [6.07, 6.45) is 9.41. The number of unbranched alkanes of at least 4 members (excludes halogenated alkanes) is 6. The van der Waals surface area contributed by atoms with E-state index in [-0.39, 0.29) is 13.2 Å². The second-order valence-corrected chi connectivity index (χ2v) is 6.11. The highest BCUT2D eigenvalue weighted by Crippen LogP contribution is 2.00. The predicted molar refractivity (Wildman–Crippen MR) is 101 cm³/mol. The van der Waals surface area contributed by atoms with Crippen LogP contribution < -0.4 is 0 Å². The van der Waals surface area contributed by atoms with Gasteiger partial charge < -0.3 is 18.9 Å². The molecule has 8 nitrogen and oxygen atoms in total. The Kier molecular flexibility index (Phi) is 16.5. The van der Waals surface area contributed by atoms with E-state index in [0.29, 0.717) is 0 Å². The van der Waals surface area contributed by atoms with Crippen LogP contribution in [0.15, 0.2) is 12.2 Å². The van der Waals surface area contributed by atoms with Crippen molar-refractivity contribution < 1.29 is 38.1 Å². The number of carbonyl (C=O) groups is 4. The molecule has 0 aliphatic rings. The lowest BCUT2D eigenvalue weighted by molar-refractivity contribution is -0.157. The van der Waals surface area contributed by atoms with Crippen molar-refractivity contribution in [2.75, 3.05) is 26.4 Å². The summed E-state index contributed by atoms with van der Waals surface area (Å²) >= 11 is 0. The second kappa shape index (κ2) is 18.0. The van der Waals surface area contributed by atoms with Crippen molar-refractivity contribution in [2.24, 2.45) is 0 Å². The first-order chi connectivity index (χ1) is 13.5. The molecule has 0 radical (unpaired) electrons. The largest absolute Gasteiger partial charge is 0.463 e. The van der Waals surface area contributed by atoms with Crippen molar-refractivity contribution in [3.05, 3.63) is 12.2 Å². The number of esters is 4. The van der Waals surface area contributed by atoms with Crippen LogP contribution in [0.25, 0.3) is 0 Å². The van der Waals surface area contributed by atoms with Crippen molar-refractivity contribution in [2.45, 2.75) is 65.2 Å². The molecular weight excluding hydrogens is 368 g/mol. The van der Waals surface area contributed by atoms with Crippen LogP contribution in [0.3, 0.4) is 0 Å². The molecule has 0 aliphatic carbocycles. The highest BCUT2D eigenvalue weighted by Gasteiger charge is 2.09. The van der Waals surface area contributed by atoms with Crippen LogP contribution in [0.2, 0.25) is 0 Å². The predicted octanol–water partition coefficient (Wildman–Crippen LogP) is 2.88. The van der Waals surface area contributed by atoms with E-state index in [1.807, 2.05) is 0 Å². The number of carbonyl (C=O) groups excluding carboxylic acids is 4. The van der Waals surface area contributed by atoms with Gasteiger partial charge in [0.05, 0.1) is 13.2 Å². The topological polar surface area (TPSA) is 105 Å². The molecule has 0 bridgehead atoms. The van der Waals surface area contributed by atoms with Gasteiger partial charge in [0.1, 0.15) is 0 Å². The Hall–Kier alpha value is -2.38. The third-order valence-corrected chi connectivity index (χ3v) is 3.54. The first kappa shape index (κ1) is 25.6. The van der Waals surface area contributed by atoms with E-state index in [0.717, 1.165) is 63.5 Å². The summed E-state index contributed by atoms with van der Waals surface area (Å²) in [5, 5.41) is 0. The lowest BCUT2D eigenvalue weighted by atomic mass is 10.2. The van der Waals surface area contributed by atoms with Crippen molar-refractivity contribution in [3.8, 4) is 0 Å². The lowest BCUT2D eigenvalue weighted by Gasteiger charge is -2.05. The first-order valence-corrected chi connectivity index (χ1v) is 9.82. The van der Waals surface area contributed by atoms with Crippen molar-refractivity contribution in [3.63, 3.8) is 0 Å². The third kappa shape index (κ3) is 17.1. The summed E-state index contributed by atoms with van der Waals surface area (Å²) in [5.41, 5.74) is 0. The Labute approximate surface area is 166 Å². The molecule has 0 saturated carbocycles. The average molecular weight is 400 g/mol. The molecule has 0 spiro atoms. The fourth-order valence-corrected chi connectivity index (χ4v) is 2.01. The van der Waals surface area contributed by atoms with E-state index in [9.17, 15) is 19.2 Å². The summed E-state index contributed by atoms with van der Waals surface area (Å²) < 4.78 is 19.1. The van der Waals surface area contributed by atoms with Gasteiger partial charge in [0.25, 0.3) is 0 Å². The quantitative estimate of drug-likeness (QED) is 0.169. The van der Waals surface area contributed by atoms with Crippen LogP contribution in [0.1, 0.15) is 65.2 Å². The smallest absolute Gasteiger partial charge is 0.344 e. The second-order valence-electron chi connectivity index (χ2n) is 6.11. The minimum absolute atomic E-state index is 0.285. The molecule has 0 amide bonds. The monoisotopic (exact) mass is 400 g/mol. The molecular formula is C20H32O8. The van der Waals surface area contributed by atoms with E-state index in [1.54, 1.807) is 0 Å². The van der Waals surface area contributed by atoms with Gasteiger partial charge in [-0.15, -0.1) is 0 Å². The van der Waals surface area contributed by atoms with Crippen LogP contribution in [0.4, 0.5) is 0 Å². The highest BCUT2D eigenvalue weighted by molar-refractivity contribution is 5.93. The van der Waals surface area contributed by atoms with E-state index < -0.39 is 37.1 Å². The fraction of sp³-hybridized carbons (Fsp3) is 0.700. The van der Waals surface area contributed by atoms with Crippen LogP contribution in [0, 0.1) is 0 Å². The van der Waals surface area contributed by atoms with Gasteiger partial charge in [0.15, 0.2) is 13.2 Å². The van der Waals surface area contributed by atoms with Gasteiger partial charge in [-0.25, -0.2) is 19.2 Å². The maximum atomic E-state index is 11.4. The molecule has 0 saturated heterocycles. The zero-order valence-corrected chi connectivity index (χ0v) is 16.9.